The van der Waals surface area contributed by atoms with Crippen LogP contribution in [0.5, 0.6) is 0 Å². The molecule has 0 amide bonds. The van der Waals surface area contributed by atoms with Gasteiger partial charge < -0.3 is 9.59 Å². The Morgan fingerprint density at radius 2 is 0.873 bits per heavy atom. The quantitative estimate of drug-likeness (QED) is 0.0737. The number of benzene rings is 2. The first-order valence-corrected chi connectivity index (χ1v) is 21.0. The van der Waals surface area contributed by atoms with E-state index in [4.69, 9.17) is 0 Å². The first-order valence-electron chi connectivity index (χ1n) is 21.0. The maximum absolute atomic E-state index is 16.1. The predicted molar refractivity (Wildman–Crippen MR) is 196 cm³/mol. The second kappa shape index (κ2) is 18.6. The van der Waals surface area contributed by atoms with Crippen LogP contribution in [0, 0.1) is 11.8 Å². The van der Waals surface area contributed by atoms with Crippen LogP contribution in [0.1, 0.15) is 41.2 Å². The zero-order valence-electron chi connectivity index (χ0n) is 37.5. The molecule has 5 atom stereocenters. The lowest BCUT2D eigenvalue weighted by molar-refractivity contribution is -0.984. The number of aromatic nitrogens is 1. The molecule has 3 aromatic rings. The van der Waals surface area contributed by atoms with Gasteiger partial charge in [0.15, 0.2) is 0 Å². The minimum atomic E-state index is -9.44. The van der Waals surface area contributed by atoms with E-state index in [1.807, 2.05) is 0 Å². The summed E-state index contributed by atoms with van der Waals surface area (Å²) < 4.78 is 487. The molecular formula is C42H27F34N2O+. The molecule has 6 rings (SSSR count). The predicted octanol–water partition coefficient (Wildman–Crippen LogP) is 15.8. The Balaban J connectivity index is 1.82. The lowest BCUT2D eigenvalue weighted by Crippen LogP contribution is -2.74. The largest absolute Gasteiger partial charge is 0.460 e. The molecule has 4 heterocycles. The number of fused-ring (bicyclic) bond motifs is 4. The molecule has 0 radical (unpaired) electrons. The Morgan fingerprint density at radius 3 is 1.25 bits per heavy atom. The fraction of sp³-hybridized carbons (Fsp3) is 0.595. The van der Waals surface area contributed by atoms with Gasteiger partial charge in [0.1, 0.15) is 18.7 Å². The van der Waals surface area contributed by atoms with Crippen molar-refractivity contribution in [1.82, 2.24) is 4.98 Å². The molecule has 0 saturated carbocycles. The van der Waals surface area contributed by atoms with Gasteiger partial charge in [0.2, 0.25) is 0 Å². The van der Waals surface area contributed by atoms with Crippen molar-refractivity contribution in [2.24, 2.45) is 11.8 Å². The van der Waals surface area contributed by atoms with Gasteiger partial charge in [0, 0.05) is 47.0 Å². The Hall–Kier alpha value is -4.87. The van der Waals surface area contributed by atoms with E-state index in [2.05, 4.69) is 11.6 Å². The Kier molecular flexibility index (Phi) is 15.3. The van der Waals surface area contributed by atoms with Gasteiger partial charge in [-0.1, -0.05) is 24.3 Å². The first-order chi connectivity index (χ1) is 34.9. The van der Waals surface area contributed by atoms with Crippen molar-refractivity contribution in [3.8, 4) is 0 Å². The molecule has 0 spiro atoms. The van der Waals surface area contributed by atoms with Crippen LogP contribution < -0.4 is 0 Å². The van der Waals surface area contributed by atoms with Gasteiger partial charge in [-0.3, -0.25) is 4.98 Å². The Labute approximate surface area is 416 Å². The van der Waals surface area contributed by atoms with Gasteiger partial charge in [0.05, 0.1) is 18.6 Å². The third kappa shape index (κ3) is 8.71. The van der Waals surface area contributed by atoms with E-state index in [-0.39, 0.29) is 22.9 Å². The number of hydrogen-bond donors (Lipinski definition) is 1. The molecule has 1 aromatic heterocycles. The summed E-state index contributed by atoms with van der Waals surface area (Å²) in [6.07, 6.45) is -17.1. The van der Waals surface area contributed by atoms with E-state index < -0.39 is 185 Å². The molecule has 3 aliphatic rings. The van der Waals surface area contributed by atoms with Crippen molar-refractivity contribution in [1.29, 1.82) is 0 Å². The summed E-state index contributed by atoms with van der Waals surface area (Å²) in [5.41, 5.74) is -10.1. The molecule has 3 aliphatic heterocycles. The van der Waals surface area contributed by atoms with Gasteiger partial charge in [-0.05, 0) is 41.8 Å². The highest BCUT2D eigenvalue weighted by molar-refractivity contribution is 5.82. The van der Waals surface area contributed by atoms with Crippen molar-refractivity contribution >= 4 is 10.9 Å². The summed E-state index contributed by atoms with van der Waals surface area (Å²) in [6, 6.07) is 0.402. The zero-order valence-corrected chi connectivity index (χ0v) is 37.5. The second-order valence-corrected chi connectivity index (χ2v) is 18.4. The summed E-state index contributed by atoms with van der Waals surface area (Å²) in [7, 11) is 0. The number of halogens is 34. The number of hydrogen-bond acceptors (Lipinski definition) is 2. The maximum Gasteiger partial charge on any atom is 0.460 e. The van der Waals surface area contributed by atoms with Crippen molar-refractivity contribution in [3.63, 3.8) is 0 Å². The van der Waals surface area contributed by atoms with Gasteiger partial charge in [-0.2, -0.15) is 149 Å². The third-order valence-corrected chi connectivity index (χ3v) is 13.7. The van der Waals surface area contributed by atoms with Crippen LogP contribution in [0.2, 0.25) is 0 Å². The average molecular weight is 1220 g/mol. The van der Waals surface area contributed by atoms with E-state index in [9.17, 15) is 102 Å². The Bertz CT molecular complexity index is 2640. The van der Waals surface area contributed by atoms with E-state index in [1.54, 1.807) is 0 Å². The van der Waals surface area contributed by atoms with Crippen LogP contribution >= 0.6 is 0 Å². The molecule has 3 nitrogen and oxygen atoms in total. The normalized spacial score (nSPS) is 22.1. The average Bonchev–Trinajstić information content (AvgIpc) is 3.31. The summed E-state index contributed by atoms with van der Waals surface area (Å²) >= 11 is 0. The topological polar surface area (TPSA) is 33.1 Å². The minimum absolute atomic E-state index is 0.0398. The van der Waals surface area contributed by atoms with E-state index >= 15 is 52.7 Å². The first kappa shape index (κ1) is 64.9. The van der Waals surface area contributed by atoms with E-state index in [1.165, 1.54) is 24.3 Å². The summed E-state index contributed by atoms with van der Waals surface area (Å²) in [5.74, 6) is -128. The summed E-state index contributed by atoms with van der Waals surface area (Å²) in [5, 5.41) is 11.9. The van der Waals surface area contributed by atoms with Gasteiger partial charge in [-0.25, -0.2) is 0 Å². The monoisotopic (exact) mass is 1220 g/mol. The van der Waals surface area contributed by atoms with E-state index in [0.29, 0.717) is 0 Å². The standard InChI is InChI=1S/C42H27F34N2O/c1-2-18-16-78(10-8-19(18)13-25(78)26(79)23-7-9-77-24-6-4-3-5-22(23)24)15-17-11-20(27(43,44)29(47,48)31(51,52)33(55,56)35(59,60)37(63,64)39(67,68)41(71,72)73)14-21(12-17)28(45,46)30(49,50)32(53,54)34(57,58)36(61,62)38(65,66)40(69,70)42(74,75)76/h2-7,9,11-12,14,18-19,25-26,79H,1,8,10,13,15-16H2/q+1/t18-,19-,25+,26-,78+/m0/s1. The molecule has 3 fully saturated rings. The molecule has 2 aromatic carbocycles. The van der Waals surface area contributed by atoms with Gasteiger partial charge in [-0.15, -0.1) is 6.58 Å². The number of aliphatic hydroxyl groups excluding tert-OH is 1. The van der Waals surface area contributed by atoms with E-state index in [0.717, 1.165) is 18.3 Å². The maximum atomic E-state index is 16.1. The number of quaternary nitrogens is 1. The number of piperidine rings is 3. The second-order valence-electron chi connectivity index (χ2n) is 18.4. The van der Waals surface area contributed by atoms with Gasteiger partial charge >= 0.3 is 95.3 Å². The van der Waals surface area contributed by atoms with Gasteiger partial charge in [0.25, 0.3) is 0 Å². The number of alkyl halides is 34. The summed E-state index contributed by atoms with van der Waals surface area (Å²) in [4.78, 5) is 3.98. The van der Waals surface area contributed by atoms with Crippen LogP contribution in [0.25, 0.3) is 10.9 Å². The van der Waals surface area contributed by atoms with Crippen LogP contribution in [0.3, 0.4) is 0 Å². The fourth-order valence-corrected chi connectivity index (χ4v) is 9.16. The van der Waals surface area contributed by atoms with Crippen molar-refractivity contribution in [3.05, 3.63) is 89.6 Å². The third-order valence-electron chi connectivity index (χ3n) is 13.7. The number of para-hydroxylation sites is 1. The SMILES string of the molecule is C=C[C@H]1C[N@+]2(Cc3cc(C(F)(F)C(F)(F)C(F)(F)C(F)(F)C(F)(F)C(F)(F)C(F)(F)C(F)(F)F)cc(C(F)(F)C(F)(F)C(F)(F)C(F)(F)C(F)(F)C(F)(F)C(F)(F)C(F)(F)F)c3)CC[C@H]1C[C@@H]2[C@@H](O)c1ccnc2ccccc12. The number of nitrogens with zero attached hydrogens (tertiary/aromatic N) is 2. The van der Waals surface area contributed by atoms with Crippen LogP contribution in [0.15, 0.2) is 67.4 Å². The summed E-state index contributed by atoms with van der Waals surface area (Å²) in [6.45, 7) is 0.321. The highest BCUT2D eigenvalue weighted by Gasteiger charge is 2.97. The van der Waals surface area contributed by atoms with Crippen molar-refractivity contribution in [2.45, 2.75) is 127 Å². The molecule has 448 valence electrons. The minimum Gasteiger partial charge on any atom is -0.382 e. The highest BCUT2D eigenvalue weighted by atomic mass is 19.4. The Morgan fingerprint density at radius 1 is 0.506 bits per heavy atom. The van der Waals surface area contributed by atoms with Crippen LogP contribution in [0.4, 0.5) is 149 Å². The lowest BCUT2D eigenvalue weighted by atomic mass is 9.71. The molecular weight excluding hydrogens is 1190 g/mol. The van der Waals surface area contributed by atoms with Crippen LogP contribution in [-0.2, 0) is 18.4 Å². The molecule has 79 heavy (non-hydrogen) atoms. The van der Waals surface area contributed by atoms with Crippen LogP contribution in [-0.4, -0.2) is 117 Å². The number of rotatable bonds is 19. The molecule has 37 heteroatoms. The molecule has 3 saturated heterocycles. The molecule has 2 bridgehead atoms. The molecule has 0 aliphatic carbocycles. The molecule has 1 N–H and O–H groups in total. The van der Waals surface area contributed by atoms with Crippen molar-refractivity contribution < 1.29 is 159 Å². The fourth-order valence-electron chi connectivity index (χ4n) is 9.16. The molecule has 0 unspecified atom stereocenters. The number of aliphatic hydroxyl groups is 1. The smallest absolute Gasteiger partial charge is 0.382 e. The lowest BCUT2D eigenvalue weighted by Gasteiger charge is -2.58. The number of pyridine rings is 1. The highest BCUT2D eigenvalue weighted by Crippen LogP contribution is 2.68. The van der Waals surface area contributed by atoms with Crippen molar-refractivity contribution in [2.75, 3.05) is 13.1 Å². The zero-order chi connectivity index (χ0) is 61.6.